The van der Waals surface area contributed by atoms with Crippen molar-refractivity contribution < 1.29 is 14.6 Å². The summed E-state index contributed by atoms with van der Waals surface area (Å²) in [5, 5.41) is 8.90. The molecule has 0 aliphatic carbocycles. The first-order chi connectivity index (χ1) is 5.63. The van der Waals surface area contributed by atoms with Crippen LogP contribution in [0.5, 0.6) is 5.88 Å². The molecule has 0 atom stereocenters. The van der Waals surface area contributed by atoms with Gasteiger partial charge in [0.05, 0.1) is 7.11 Å². The molecular formula is C6H7N3O3. The van der Waals surface area contributed by atoms with Crippen molar-refractivity contribution in [3.63, 3.8) is 0 Å². The molecule has 64 valence electrons. The molecule has 0 unspecified atom stereocenters. The van der Waals surface area contributed by atoms with Gasteiger partial charge in [0.25, 0.3) is 0 Å². The summed E-state index contributed by atoms with van der Waals surface area (Å²) in [5.74, 6) is -1.20. The zero-order valence-electron chi connectivity index (χ0n) is 6.31. The fourth-order valence-electron chi connectivity index (χ4n) is 0.662. The van der Waals surface area contributed by atoms with E-state index in [0.717, 1.165) is 6.07 Å². The van der Waals surface area contributed by atoms with E-state index < -0.39 is 5.97 Å². The van der Waals surface area contributed by atoms with Gasteiger partial charge < -0.3 is 15.6 Å². The molecule has 0 saturated carbocycles. The Morgan fingerprint density at radius 1 is 1.67 bits per heavy atom. The third-order valence-electron chi connectivity index (χ3n) is 1.12. The summed E-state index contributed by atoms with van der Waals surface area (Å²) in [5.41, 5.74) is 5.09. The number of ether oxygens (including phenoxy) is 1. The van der Waals surface area contributed by atoms with E-state index in [2.05, 4.69) is 14.7 Å². The number of esters is 1. The van der Waals surface area contributed by atoms with Crippen LogP contribution in [0.25, 0.3) is 0 Å². The smallest absolute Gasteiger partial charge is 0.357 e. The number of aromatic hydroxyl groups is 1. The van der Waals surface area contributed by atoms with Gasteiger partial charge in [-0.25, -0.2) is 9.78 Å². The van der Waals surface area contributed by atoms with Crippen LogP contribution in [0.2, 0.25) is 0 Å². The molecule has 12 heavy (non-hydrogen) atoms. The van der Waals surface area contributed by atoms with Crippen LogP contribution >= 0.6 is 0 Å². The van der Waals surface area contributed by atoms with E-state index in [1.165, 1.54) is 7.11 Å². The van der Waals surface area contributed by atoms with Crippen LogP contribution < -0.4 is 5.73 Å². The molecule has 0 amide bonds. The third-order valence-corrected chi connectivity index (χ3v) is 1.12. The average molecular weight is 169 g/mol. The van der Waals surface area contributed by atoms with Crippen LogP contribution in [0.3, 0.4) is 0 Å². The molecular weight excluding hydrogens is 162 g/mol. The molecule has 0 aliphatic heterocycles. The Kier molecular flexibility index (Phi) is 2.09. The molecule has 0 fully saturated rings. The van der Waals surface area contributed by atoms with Crippen LogP contribution in [0, 0.1) is 0 Å². The number of rotatable bonds is 1. The van der Waals surface area contributed by atoms with Gasteiger partial charge in [-0.15, -0.1) is 0 Å². The highest BCUT2D eigenvalue weighted by atomic mass is 16.5. The maximum atomic E-state index is 10.8. The largest absolute Gasteiger partial charge is 0.493 e. The summed E-state index contributed by atoms with van der Waals surface area (Å²) in [6.45, 7) is 0. The standard InChI is InChI=1S/C6H7N3O3/c1-12-5(11)3-2-4(10)9-6(7)8-3/h2H,1H3,(H3,7,8,9,10). The van der Waals surface area contributed by atoms with Crippen LogP contribution in [-0.2, 0) is 4.74 Å². The van der Waals surface area contributed by atoms with Crippen LogP contribution in [0.4, 0.5) is 5.95 Å². The van der Waals surface area contributed by atoms with Gasteiger partial charge in [-0.3, -0.25) is 0 Å². The highest BCUT2D eigenvalue weighted by Gasteiger charge is 2.09. The lowest BCUT2D eigenvalue weighted by atomic mass is 10.4. The second-order valence-corrected chi connectivity index (χ2v) is 1.96. The molecule has 0 aliphatic rings. The zero-order valence-corrected chi connectivity index (χ0v) is 6.31. The Hall–Kier alpha value is -1.85. The second kappa shape index (κ2) is 3.04. The van der Waals surface area contributed by atoms with E-state index >= 15 is 0 Å². The zero-order chi connectivity index (χ0) is 9.14. The summed E-state index contributed by atoms with van der Waals surface area (Å²) in [6.07, 6.45) is 0. The quantitative estimate of drug-likeness (QED) is 0.552. The molecule has 1 heterocycles. The normalized spacial score (nSPS) is 9.42. The molecule has 0 spiro atoms. The predicted octanol–water partition coefficient (Wildman–Crippen LogP) is -0.449. The number of nitrogen functional groups attached to an aromatic ring is 1. The van der Waals surface area contributed by atoms with Crippen molar-refractivity contribution >= 4 is 11.9 Å². The lowest BCUT2D eigenvalue weighted by Gasteiger charge is -1.99. The van der Waals surface area contributed by atoms with Gasteiger partial charge >= 0.3 is 5.97 Å². The summed E-state index contributed by atoms with van der Waals surface area (Å²) in [4.78, 5) is 17.7. The van der Waals surface area contributed by atoms with Gasteiger partial charge in [-0.2, -0.15) is 4.98 Å². The molecule has 0 radical (unpaired) electrons. The van der Waals surface area contributed by atoms with Crippen molar-refractivity contribution in [2.45, 2.75) is 0 Å². The predicted molar refractivity (Wildman–Crippen MR) is 39.4 cm³/mol. The second-order valence-electron chi connectivity index (χ2n) is 1.96. The minimum Gasteiger partial charge on any atom is -0.493 e. The van der Waals surface area contributed by atoms with Gasteiger partial charge in [-0.1, -0.05) is 0 Å². The van der Waals surface area contributed by atoms with Crippen molar-refractivity contribution in [3.05, 3.63) is 11.8 Å². The van der Waals surface area contributed by atoms with Crippen molar-refractivity contribution in [2.75, 3.05) is 12.8 Å². The van der Waals surface area contributed by atoms with Gasteiger partial charge in [0, 0.05) is 6.07 Å². The average Bonchev–Trinajstić information content (AvgIpc) is 2.01. The molecule has 1 rings (SSSR count). The monoisotopic (exact) mass is 169 g/mol. The van der Waals surface area contributed by atoms with Crippen LogP contribution in [-0.4, -0.2) is 28.2 Å². The van der Waals surface area contributed by atoms with Crippen molar-refractivity contribution in [3.8, 4) is 5.88 Å². The number of hydrogen-bond acceptors (Lipinski definition) is 6. The lowest BCUT2D eigenvalue weighted by Crippen LogP contribution is -2.07. The minimum atomic E-state index is -0.667. The highest BCUT2D eigenvalue weighted by Crippen LogP contribution is 2.08. The Balaban J connectivity index is 3.08. The molecule has 0 aromatic carbocycles. The topological polar surface area (TPSA) is 98.3 Å². The van der Waals surface area contributed by atoms with Crippen LogP contribution in [0.1, 0.15) is 10.5 Å². The highest BCUT2D eigenvalue weighted by molar-refractivity contribution is 5.87. The van der Waals surface area contributed by atoms with E-state index in [9.17, 15) is 4.79 Å². The maximum Gasteiger partial charge on any atom is 0.357 e. The number of methoxy groups -OCH3 is 1. The summed E-state index contributed by atoms with van der Waals surface area (Å²) in [6, 6.07) is 1.07. The molecule has 1 aromatic rings. The Morgan fingerprint density at radius 3 is 2.83 bits per heavy atom. The van der Waals surface area contributed by atoms with Gasteiger partial charge in [-0.05, 0) is 0 Å². The summed E-state index contributed by atoms with van der Waals surface area (Å²) in [7, 11) is 1.21. The summed E-state index contributed by atoms with van der Waals surface area (Å²) < 4.78 is 4.35. The molecule has 1 aromatic heterocycles. The first kappa shape index (κ1) is 8.25. The third kappa shape index (κ3) is 1.60. The Labute approximate surface area is 68.0 Å². The van der Waals surface area contributed by atoms with Crippen molar-refractivity contribution in [1.82, 2.24) is 9.97 Å². The number of nitrogens with zero attached hydrogens (tertiary/aromatic N) is 2. The van der Waals surface area contributed by atoms with Crippen LogP contribution in [0.15, 0.2) is 6.07 Å². The Morgan fingerprint density at radius 2 is 2.33 bits per heavy atom. The molecule has 3 N–H and O–H groups in total. The van der Waals surface area contributed by atoms with Crippen molar-refractivity contribution in [1.29, 1.82) is 0 Å². The van der Waals surface area contributed by atoms with E-state index in [-0.39, 0.29) is 17.5 Å². The number of aromatic nitrogens is 2. The Bertz CT molecular complexity index is 293. The summed E-state index contributed by atoms with van der Waals surface area (Å²) >= 11 is 0. The molecule has 0 saturated heterocycles. The number of hydrogen-bond donors (Lipinski definition) is 2. The lowest BCUT2D eigenvalue weighted by molar-refractivity contribution is 0.0593. The van der Waals surface area contributed by atoms with Crippen molar-refractivity contribution in [2.24, 2.45) is 0 Å². The van der Waals surface area contributed by atoms with E-state index in [1.807, 2.05) is 0 Å². The van der Waals surface area contributed by atoms with E-state index in [1.54, 1.807) is 0 Å². The number of carbonyl (C=O) groups excluding carboxylic acids is 1. The van der Waals surface area contributed by atoms with E-state index in [0.29, 0.717) is 0 Å². The molecule has 0 bridgehead atoms. The first-order valence-corrected chi connectivity index (χ1v) is 3.05. The SMILES string of the molecule is COC(=O)c1cc(O)nc(N)n1. The van der Waals surface area contributed by atoms with Gasteiger partial charge in [0.2, 0.25) is 11.8 Å². The van der Waals surface area contributed by atoms with Gasteiger partial charge in [0.1, 0.15) is 0 Å². The molecule has 6 nitrogen and oxygen atoms in total. The first-order valence-electron chi connectivity index (χ1n) is 3.05. The maximum absolute atomic E-state index is 10.8. The fourth-order valence-corrected chi connectivity index (χ4v) is 0.662. The van der Waals surface area contributed by atoms with E-state index in [4.69, 9.17) is 10.8 Å². The number of carbonyl (C=O) groups is 1. The number of nitrogens with two attached hydrogens (primary N) is 1. The number of anilines is 1. The fraction of sp³-hybridized carbons (Fsp3) is 0.167. The molecule has 6 heteroatoms. The van der Waals surface area contributed by atoms with Gasteiger partial charge in [0.15, 0.2) is 5.69 Å². The minimum absolute atomic E-state index is 0.0671.